The molecule has 0 fully saturated rings. The van der Waals surface area contributed by atoms with Crippen LogP contribution in [0.3, 0.4) is 0 Å². The molecule has 2 nitrogen and oxygen atoms in total. The highest BCUT2D eigenvalue weighted by molar-refractivity contribution is 6.31. The van der Waals surface area contributed by atoms with Crippen molar-refractivity contribution in [1.29, 1.82) is 5.26 Å². The molecule has 0 aromatic heterocycles. The van der Waals surface area contributed by atoms with Crippen molar-refractivity contribution in [1.82, 2.24) is 0 Å². The third kappa shape index (κ3) is 2.93. The van der Waals surface area contributed by atoms with E-state index < -0.39 is 23.3 Å². The van der Waals surface area contributed by atoms with E-state index in [1.165, 1.54) is 24.3 Å². The van der Waals surface area contributed by atoms with Gasteiger partial charge in [-0.05, 0) is 36.8 Å². The van der Waals surface area contributed by atoms with Crippen molar-refractivity contribution in [2.75, 3.05) is 0 Å². The van der Waals surface area contributed by atoms with Crippen LogP contribution in [0.15, 0.2) is 36.4 Å². The summed E-state index contributed by atoms with van der Waals surface area (Å²) in [5.74, 6) is -3.82. The Bertz CT molecular complexity index is 732. The molecule has 1 atom stereocenters. The summed E-state index contributed by atoms with van der Waals surface area (Å²) >= 11 is 5.86. The van der Waals surface area contributed by atoms with Crippen molar-refractivity contribution < 1.29 is 13.6 Å². The second kappa shape index (κ2) is 6.02. The number of halogens is 3. The molecule has 1 unspecified atom stereocenters. The molecule has 2 aromatic rings. The van der Waals surface area contributed by atoms with Crippen LogP contribution < -0.4 is 0 Å². The summed E-state index contributed by atoms with van der Waals surface area (Å²) in [6.07, 6.45) is 0. The van der Waals surface area contributed by atoms with Gasteiger partial charge in [0.05, 0.1) is 11.6 Å². The number of hydrogen-bond acceptors (Lipinski definition) is 2. The smallest absolute Gasteiger partial charge is 0.187 e. The molecule has 0 saturated carbocycles. The largest absolute Gasteiger partial charge is 0.292 e. The molecule has 0 radical (unpaired) electrons. The highest BCUT2D eigenvalue weighted by atomic mass is 35.5. The van der Waals surface area contributed by atoms with Crippen molar-refractivity contribution in [2.24, 2.45) is 0 Å². The van der Waals surface area contributed by atoms with E-state index in [0.29, 0.717) is 5.56 Å². The molecule has 0 N–H and O–H groups in total. The number of benzene rings is 2. The van der Waals surface area contributed by atoms with Crippen LogP contribution >= 0.6 is 11.6 Å². The maximum Gasteiger partial charge on any atom is 0.187 e. The zero-order valence-corrected chi connectivity index (χ0v) is 11.8. The Labute approximate surface area is 125 Å². The quantitative estimate of drug-likeness (QED) is 0.788. The van der Waals surface area contributed by atoms with Gasteiger partial charge in [0.25, 0.3) is 0 Å². The summed E-state index contributed by atoms with van der Waals surface area (Å²) in [6.45, 7) is 1.67. The fourth-order valence-electron chi connectivity index (χ4n) is 2.02. The predicted octanol–water partition coefficient (Wildman–Crippen LogP) is 4.42. The molecule has 0 heterocycles. The molecule has 0 bridgehead atoms. The number of aryl methyl sites for hydroxylation is 1. The Hall–Kier alpha value is -2.25. The standard InChI is InChI=1S/C16H10ClF2NO/c1-9-5-6-10(14(19)7-9)16(21)11(8-20)15-12(17)3-2-4-13(15)18/h2-7,11H,1H3. The van der Waals surface area contributed by atoms with E-state index in [4.69, 9.17) is 11.6 Å². The van der Waals surface area contributed by atoms with E-state index in [2.05, 4.69) is 0 Å². The van der Waals surface area contributed by atoms with Gasteiger partial charge in [-0.1, -0.05) is 23.7 Å². The summed E-state index contributed by atoms with van der Waals surface area (Å²) < 4.78 is 27.7. The third-order valence-electron chi connectivity index (χ3n) is 3.07. The lowest BCUT2D eigenvalue weighted by atomic mass is 9.91. The Morgan fingerprint density at radius 3 is 2.52 bits per heavy atom. The fourth-order valence-corrected chi connectivity index (χ4v) is 2.29. The molecule has 0 aliphatic rings. The molecule has 0 saturated heterocycles. The fraction of sp³-hybridized carbons (Fsp3) is 0.125. The van der Waals surface area contributed by atoms with Gasteiger partial charge in [0.15, 0.2) is 5.78 Å². The van der Waals surface area contributed by atoms with Crippen LogP contribution in [0.25, 0.3) is 0 Å². The van der Waals surface area contributed by atoms with Crippen LogP contribution in [0.1, 0.15) is 27.4 Å². The molecule has 21 heavy (non-hydrogen) atoms. The number of rotatable bonds is 3. The molecule has 5 heteroatoms. The number of nitrogens with zero attached hydrogens (tertiary/aromatic N) is 1. The molecule has 106 valence electrons. The third-order valence-corrected chi connectivity index (χ3v) is 3.40. The number of carbonyl (C=O) groups is 1. The Kier molecular flexibility index (Phi) is 4.35. The van der Waals surface area contributed by atoms with Gasteiger partial charge in [0.1, 0.15) is 17.6 Å². The predicted molar refractivity (Wildman–Crippen MR) is 75.2 cm³/mol. The Balaban J connectivity index is 2.52. The van der Waals surface area contributed by atoms with Gasteiger partial charge in [0, 0.05) is 10.6 Å². The highest BCUT2D eigenvalue weighted by Gasteiger charge is 2.28. The van der Waals surface area contributed by atoms with Gasteiger partial charge in [-0.3, -0.25) is 4.79 Å². The minimum atomic E-state index is -1.49. The van der Waals surface area contributed by atoms with E-state index in [9.17, 15) is 18.8 Å². The maximum atomic E-state index is 13.9. The van der Waals surface area contributed by atoms with E-state index in [1.807, 2.05) is 0 Å². The Morgan fingerprint density at radius 1 is 1.24 bits per heavy atom. The van der Waals surface area contributed by atoms with Crippen molar-refractivity contribution in [2.45, 2.75) is 12.8 Å². The first-order valence-electron chi connectivity index (χ1n) is 6.09. The normalized spacial score (nSPS) is 11.8. The molecule has 0 spiro atoms. The summed E-state index contributed by atoms with van der Waals surface area (Å²) in [5, 5.41) is 9.15. The summed E-state index contributed by atoms with van der Waals surface area (Å²) in [5.41, 5.74) is 0.152. The molecular formula is C16H10ClF2NO. The van der Waals surface area contributed by atoms with Gasteiger partial charge in [-0.25, -0.2) is 8.78 Å². The van der Waals surface area contributed by atoms with Crippen LogP contribution in [0.4, 0.5) is 8.78 Å². The van der Waals surface area contributed by atoms with Crippen LogP contribution in [0.5, 0.6) is 0 Å². The molecule has 2 aromatic carbocycles. The van der Waals surface area contributed by atoms with E-state index in [0.717, 1.165) is 6.07 Å². The zero-order chi connectivity index (χ0) is 15.6. The maximum absolute atomic E-state index is 13.9. The summed E-state index contributed by atoms with van der Waals surface area (Å²) in [7, 11) is 0. The molecule has 0 aliphatic heterocycles. The van der Waals surface area contributed by atoms with Crippen LogP contribution in [0.2, 0.25) is 5.02 Å². The average molecular weight is 306 g/mol. The van der Waals surface area contributed by atoms with E-state index in [-0.39, 0.29) is 16.1 Å². The first kappa shape index (κ1) is 15.1. The van der Waals surface area contributed by atoms with Gasteiger partial charge in [-0.2, -0.15) is 5.26 Å². The van der Waals surface area contributed by atoms with Crippen molar-refractivity contribution in [3.8, 4) is 6.07 Å². The first-order chi connectivity index (χ1) is 9.95. The van der Waals surface area contributed by atoms with Gasteiger partial charge >= 0.3 is 0 Å². The number of hydrogen-bond donors (Lipinski definition) is 0. The Morgan fingerprint density at radius 2 is 1.95 bits per heavy atom. The monoisotopic (exact) mass is 305 g/mol. The topological polar surface area (TPSA) is 40.9 Å². The van der Waals surface area contributed by atoms with E-state index in [1.54, 1.807) is 19.1 Å². The molecular weight excluding hydrogens is 296 g/mol. The minimum absolute atomic E-state index is 0.0394. The minimum Gasteiger partial charge on any atom is -0.292 e. The lowest BCUT2D eigenvalue weighted by Gasteiger charge is -2.12. The summed E-state index contributed by atoms with van der Waals surface area (Å²) in [4.78, 5) is 12.3. The first-order valence-corrected chi connectivity index (χ1v) is 6.47. The van der Waals surface area contributed by atoms with Gasteiger partial charge in [-0.15, -0.1) is 0 Å². The van der Waals surface area contributed by atoms with Gasteiger partial charge < -0.3 is 0 Å². The molecule has 2 rings (SSSR count). The number of carbonyl (C=O) groups excluding carboxylic acids is 1. The van der Waals surface area contributed by atoms with Crippen LogP contribution in [0, 0.1) is 29.9 Å². The zero-order valence-electron chi connectivity index (χ0n) is 11.0. The molecule has 0 amide bonds. The van der Waals surface area contributed by atoms with Crippen molar-refractivity contribution >= 4 is 17.4 Å². The second-order valence-electron chi connectivity index (χ2n) is 4.54. The van der Waals surface area contributed by atoms with Crippen molar-refractivity contribution in [3.63, 3.8) is 0 Å². The highest BCUT2D eigenvalue weighted by Crippen LogP contribution is 2.30. The van der Waals surface area contributed by atoms with Crippen molar-refractivity contribution in [3.05, 3.63) is 69.7 Å². The van der Waals surface area contributed by atoms with Crippen LogP contribution in [-0.2, 0) is 0 Å². The average Bonchev–Trinajstić information content (AvgIpc) is 2.42. The lowest BCUT2D eigenvalue weighted by Crippen LogP contribution is -2.15. The van der Waals surface area contributed by atoms with Crippen LogP contribution in [-0.4, -0.2) is 5.78 Å². The molecule has 0 aliphatic carbocycles. The number of nitriles is 1. The number of Topliss-reactive ketones (excluding diaryl/α,β-unsaturated/α-hetero) is 1. The van der Waals surface area contributed by atoms with Gasteiger partial charge in [0.2, 0.25) is 0 Å². The van der Waals surface area contributed by atoms with E-state index >= 15 is 0 Å². The lowest BCUT2D eigenvalue weighted by molar-refractivity contribution is 0.0973. The second-order valence-corrected chi connectivity index (χ2v) is 4.95. The summed E-state index contributed by atoms with van der Waals surface area (Å²) in [6, 6.07) is 9.56. The number of ketones is 1. The SMILES string of the molecule is Cc1ccc(C(=O)C(C#N)c2c(F)cccc2Cl)c(F)c1.